The van der Waals surface area contributed by atoms with Gasteiger partial charge in [0, 0.05) is 41.2 Å². The second-order valence-electron chi connectivity index (χ2n) is 4.06. The van der Waals surface area contributed by atoms with Gasteiger partial charge in [0.25, 0.3) is 0 Å². The van der Waals surface area contributed by atoms with Gasteiger partial charge in [0.1, 0.15) is 0 Å². The summed E-state index contributed by atoms with van der Waals surface area (Å²) in [7, 11) is 0. The Bertz CT molecular complexity index is 110. The van der Waals surface area contributed by atoms with E-state index < -0.39 is 0 Å². The highest BCUT2D eigenvalue weighted by Crippen LogP contribution is 2.10. The molecule has 0 fully saturated rings. The molecule has 0 radical (unpaired) electrons. The van der Waals surface area contributed by atoms with Gasteiger partial charge in [-0.25, -0.2) is 0 Å². The molecule has 0 unspecified atom stereocenters. The van der Waals surface area contributed by atoms with Gasteiger partial charge in [0.15, 0.2) is 0 Å². The van der Waals surface area contributed by atoms with Crippen LogP contribution < -0.4 is 0 Å². The molecule has 1 nitrogen and oxygen atoms in total. The molecule has 17 heavy (non-hydrogen) atoms. The van der Waals surface area contributed by atoms with E-state index >= 15 is 0 Å². The standard InChI is InChI=1S/C12H25Cl.Cl3N/c1-2-3-4-5-6-7-8-9-10-11-12-13;1-4(2)3/h2-12H2,1H3;. The predicted molar refractivity (Wildman–Crippen MR) is 82.0 cm³/mol. The Kier molecular flexibility index (Phi) is 23.4. The minimum absolute atomic E-state index is 0.417. The molecule has 0 heterocycles. The monoisotopic (exact) mass is 323 g/mol. The third-order valence-electron chi connectivity index (χ3n) is 2.49. The zero-order valence-corrected chi connectivity index (χ0v) is 13.8. The minimum Gasteiger partial charge on any atom is -0.127 e. The summed E-state index contributed by atoms with van der Waals surface area (Å²) in [5.74, 6) is 0.844. The van der Waals surface area contributed by atoms with Crippen molar-refractivity contribution < 1.29 is 0 Å². The van der Waals surface area contributed by atoms with Crippen LogP contribution >= 0.6 is 46.9 Å². The van der Waals surface area contributed by atoms with Crippen molar-refractivity contribution in [3.8, 4) is 0 Å². The van der Waals surface area contributed by atoms with Gasteiger partial charge in [-0.1, -0.05) is 64.7 Å². The molecule has 0 spiro atoms. The third-order valence-corrected chi connectivity index (χ3v) is 2.75. The van der Waals surface area contributed by atoms with Gasteiger partial charge in [-0.2, -0.15) is 0 Å². The summed E-state index contributed by atoms with van der Waals surface area (Å²) in [5, 5.41) is 0. The Balaban J connectivity index is 0. The zero-order chi connectivity index (χ0) is 13.4. The van der Waals surface area contributed by atoms with E-state index in [1.165, 1.54) is 64.2 Å². The van der Waals surface area contributed by atoms with Crippen LogP contribution in [0.4, 0.5) is 0 Å². The average Bonchev–Trinajstić information content (AvgIpc) is 2.26. The van der Waals surface area contributed by atoms with Crippen LogP contribution in [0.2, 0.25) is 0 Å². The van der Waals surface area contributed by atoms with Crippen LogP contribution in [0.3, 0.4) is 0 Å². The summed E-state index contributed by atoms with van der Waals surface area (Å²) >= 11 is 19.5. The molecule has 0 N–H and O–H groups in total. The Morgan fingerprint density at radius 1 is 0.647 bits per heavy atom. The summed E-state index contributed by atoms with van der Waals surface area (Å²) < 4.78 is 0.417. The molecule has 0 aliphatic heterocycles. The van der Waals surface area contributed by atoms with Gasteiger partial charge in [-0.05, 0) is 9.88 Å². The second kappa shape index (κ2) is 19.5. The minimum atomic E-state index is 0.417. The van der Waals surface area contributed by atoms with Crippen molar-refractivity contribution in [3.05, 3.63) is 0 Å². The van der Waals surface area contributed by atoms with Crippen LogP contribution in [0.5, 0.6) is 0 Å². The van der Waals surface area contributed by atoms with Gasteiger partial charge in [-0.3, -0.25) is 0 Å². The number of hydrogen-bond acceptors (Lipinski definition) is 1. The molecule has 0 atom stereocenters. The molecule has 0 amide bonds. The number of hydrogen-bond donors (Lipinski definition) is 0. The summed E-state index contributed by atoms with van der Waals surface area (Å²) in [6.45, 7) is 2.27. The summed E-state index contributed by atoms with van der Waals surface area (Å²) in [5.41, 5.74) is 0. The molecular weight excluding hydrogens is 300 g/mol. The highest BCUT2D eigenvalue weighted by Gasteiger charge is 1.91. The molecule has 0 rings (SSSR count). The summed E-state index contributed by atoms with van der Waals surface area (Å²) in [6, 6.07) is 0. The Hall–Kier alpha value is 1.12. The molecule has 106 valence electrons. The normalized spacial score (nSPS) is 10.2. The van der Waals surface area contributed by atoms with Crippen molar-refractivity contribution in [3.63, 3.8) is 0 Å². The topological polar surface area (TPSA) is 3.24 Å². The number of rotatable bonds is 10. The molecule has 0 saturated carbocycles. The zero-order valence-electron chi connectivity index (χ0n) is 10.7. The highest BCUT2D eigenvalue weighted by atomic mass is 35.6. The molecule has 0 aliphatic carbocycles. The quantitative estimate of drug-likeness (QED) is 0.240. The lowest BCUT2D eigenvalue weighted by atomic mass is 10.1. The number of alkyl halides is 1. The van der Waals surface area contributed by atoms with Crippen LogP contribution in [-0.2, 0) is 0 Å². The maximum absolute atomic E-state index is 5.60. The van der Waals surface area contributed by atoms with E-state index in [-0.39, 0.29) is 0 Å². The fraction of sp³-hybridized carbons (Fsp3) is 1.00. The van der Waals surface area contributed by atoms with Gasteiger partial charge in [0.2, 0.25) is 0 Å². The molecule has 0 saturated heterocycles. The highest BCUT2D eigenvalue weighted by molar-refractivity contribution is 6.50. The predicted octanol–water partition coefficient (Wildman–Crippen LogP) is 6.90. The second-order valence-corrected chi connectivity index (χ2v) is 5.97. The molecule has 5 heteroatoms. The summed E-state index contributed by atoms with van der Waals surface area (Å²) in [6.07, 6.45) is 13.9. The van der Waals surface area contributed by atoms with E-state index in [1.54, 1.807) is 0 Å². The van der Waals surface area contributed by atoms with E-state index in [4.69, 9.17) is 11.6 Å². The van der Waals surface area contributed by atoms with Gasteiger partial charge < -0.3 is 0 Å². The van der Waals surface area contributed by atoms with Crippen molar-refractivity contribution in [2.75, 3.05) is 5.88 Å². The molecule has 0 bridgehead atoms. The van der Waals surface area contributed by atoms with Crippen molar-refractivity contribution in [1.29, 1.82) is 0 Å². The van der Waals surface area contributed by atoms with Gasteiger partial charge >= 0.3 is 0 Å². The first-order valence-corrected chi connectivity index (χ1v) is 8.03. The van der Waals surface area contributed by atoms with Crippen LogP contribution in [0, 0.1) is 0 Å². The van der Waals surface area contributed by atoms with E-state index in [1.807, 2.05) is 0 Å². The van der Waals surface area contributed by atoms with Crippen LogP contribution in [0.15, 0.2) is 0 Å². The Morgan fingerprint density at radius 3 is 1.24 bits per heavy atom. The molecule has 0 aromatic carbocycles. The number of unbranched alkanes of at least 4 members (excludes halogenated alkanes) is 9. The number of halogens is 4. The molecular formula is C12H25Cl4N. The first-order chi connectivity index (χ1) is 8.15. The van der Waals surface area contributed by atoms with E-state index in [9.17, 15) is 0 Å². The molecule has 0 aromatic rings. The van der Waals surface area contributed by atoms with Crippen LogP contribution in [0.25, 0.3) is 0 Å². The van der Waals surface area contributed by atoms with Gasteiger partial charge in [0.05, 0.1) is 0 Å². The van der Waals surface area contributed by atoms with Crippen LogP contribution in [0.1, 0.15) is 71.1 Å². The maximum Gasteiger partial charge on any atom is 0.0223 e. The Morgan fingerprint density at radius 2 is 0.941 bits per heavy atom. The number of nitrogens with zero attached hydrogens (tertiary/aromatic N) is 1. The summed E-state index contributed by atoms with van der Waals surface area (Å²) in [4.78, 5) is 0. The lowest BCUT2D eigenvalue weighted by molar-refractivity contribution is 0.563. The fourth-order valence-corrected chi connectivity index (χ4v) is 1.77. The lowest BCUT2D eigenvalue weighted by Crippen LogP contribution is -1.81. The maximum atomic E-state index is 5.60. The fourth-order valence-electron chi connectivity index (χ4n) is 1.58. The van der Waals surface area contributed by atoms with E-state index in [0.29, 0.717) is 3.46 Å². The lowest BCUT2D eigenvalue weighted by Gasteiger charge is -2.00. The first kappa shape index (κ1) is 20.4. The van der Waals surface area contributed by atoms with Crippen molar-refractivity contribution >= 4 is 46.9 Å². The van der Waals surface area contributed by atoms with Crippen molar-refractivity contribution in [1.82, 2.24) is 3.46 Å². The van der Waals surface area contributed by atoms with Crippen molar-refractivity contribution in [2.45, 2.75) is 71.1 Å². The van der Waals surface area contributed by atoms with Gasteiger partial charge in [-0.15, -0.1) is 11.6 Å². The first-order valence-electron chi connectivity index (χ1n) is 6.48. The molecule has 0 aromatic heterocycles. The van der Waals surface area contributed by atoms with E-state index in [2.05, 4.69) is 42.3 Å². The smallest absolute Gasteiger partial charge is 0.0223 e. The van der Waals surface area contributed by atoms with E-state index in [0.717, 1.165) is 5.88 Å². The third kappa shape index (κ3) is 31.7. The van der Waals surface area contributed by atoms with Crippen LogP contribution in [-0.4, -0.2) is 9.34 Å². The van der Waals surface area contributed by atoms with Crippen molar-refractivity contribution in [2.24, 2.45) is 0 Å². The average molecular weight is 325 g/mol. The molecule has 0 aliphatic rings. The Labute approximate surface area is 127 Å². The SMILES string of the molecule is CCCCCCCCCCCCCl.ClN(Cl)Cl. The largest absolute Gasteiger partial charge is 0.127 e.